The average Bonchev–Trinajstić information content (AvgIpc) is 3.16. The molecule has 126 valence electrons. The largest absolute Gasteiger partial charge is 0.339 e. The molecule has 3 rings (SSSR count). The molecule has 0 atom stereocenters. The second-order valence-electron chi connectivity index (χ2n) is 5.88. The maximum Gasteiger partial charge on any atom is 0.229 e. The van der Waals surface area contributed by atoms with E-state index < -0.39 is 9.84 Å². The lowest BCUT2D eigenvalue weighted by molar-refractivity contribution is 0.360. The first kappa shape index (κ1) is 16.4. The summed E-state index contributed by atoms with van der Waals surface area (Å²) in [6.07, 6.45) is 4.69. The van der Waals surface area contributed by atoms with E-state index in [0.29, 0.717) is 24.1 Å². The molecule has 0 N–H and O–H groups in total. The smallest absolute Gasteiger partial charge is 0.229 e. The Hall–Kier alpha value is -2.48. The van der Waals surface area contributed by atoms with Gasteiger partial charge in [0, 0.05) is 30.1 Å². The lowest BCUT2D eigenvalue weighted by atomic mass is 10.2. The van der Waals surface area contributed by atoms with E-state index >= 15 is 0 Å². The third-order valence-electron chi connectivity index (χ3n) is 3.55. The van der Waals surface area contributed by atoms with Crippen LogP contribution < -0.4 is 0 Å². The highest BCUT2D eigenvalue weighted by atomic mass is 32.2. The summed E-state index contributed by atoms with van der Waals surface area (Å²) < 4.78 is 30.2. The van der Waals surface area contributed by atoms with Crippen LogP contribution in [0.5, 0.6) is 0 Å². The van der Waals surface area contributed by atoms with Crippen molar-refractivity contribution in [2.45, 2.75) is 31.2 Å². The Labute approximate surface area is 140 Å². The van der Waals surface area contributed by atoms with Crippen molar-refractivity contribution in [3.8, 4) is 11.4 Å². The fourth-order valence-corrected chi connectivity index (χ4v) is 2.90. The molecule has 0 aliphatic carbocycles. The molecule has 2 aromatic heterocycles. The van der Waals surface area contributed by atoms with Gasteiger partial charge in [0.25, 0.3) is 0 Å². The maximum atomic E-state index is 11.5. The van der Waals surface area contributed by atoms with Gasteiger partial charge < -0.3 is 9.09 Å². The Morgan fingerprint density at radius 3 is 2.50 bits per heavy atom. The van der Waals surface area contributed by atoms with Crippen molar-refractivity contribution < 1.29 is 12.9 Å². The van der Waals surface area contributed by atoms with Gasteiger partial charge in [-0.05, 0) is 24.3 Å². The van der Waals surface area contributed by atoms with Crippen LogP contribution in [0.25, 0.3) is 11.4 Å². The van der Waals surface area contributed by atoms with Gasteiger partial charge in [0.15, 0.2) is 15.7 Å². The van der Waals surface area contributed by atoms with E-state index in [1.807, 2.05) is 24.6 Å². The zero-order valence-electron chi connectivity index (χ0n) is 13.7. The minimum atomic E-state index is -3.21. The number of benzene rings is 1. The molecule has 0 saturated heterocycles. The third kappa shape index (κ3) is 3.38. The van der Waals surface area contributed by atoms with Crippen LogP contribution in [0.1, 0.15) is 31.5 Å². The van der Waals surface area contributed by atoms with E-state index in [1.54, 1.807) is 30.5 Å². The Morgan fingerprint density at radius 2 is 1.92 bits per heavy atom. The average molecular weight is 346 g/mol. The van der Waals surface area contributed by atoms with Crippen molar-refractivity contribution in [2.24, 2.45) is 0 Å². The summed E-state index contributed by atoms with van der Waals surface area (Å²) in [5.41, 5.74) is 0.819. The second-order valence-corrected chi connectivity index (χ2v) is 7.89. The van der Waals surface area contributed by atoms with Crippen LogP contribution in [-0.4, -0.2) is 34.4 Å². The molecule has 3 aromatic rings. The Balaban J connectivity index is 1.87. The van der Waals surface area contributed by atoms with Gasteiger partial charge in [0.1, 0.15) is 5.82 Å². The van der Waals surface area contributed by atoms with E-state index in [-0.39, 0.29) is 10.8 Å². The molecule has 0 saturated carbocycles. The summed E-state index contributed by atoms with van der Waals surface area (Å²) >= 11 is 0. The van der Waals surface area contributed by atoms with Crippen LogP contribution in [0.2, 0.25) is 0 Å². The number of sulfone groups is 1. The molecule has 0 aliphatic heterocycles. The zero-order valence-corrected chi connectivity index (χ0v) is 14.5. The highest BCUT2D eigenvalue weighted by molar-refractivity contribution is 7.90. The first-order valence-corrected chi connectivity index (χ1v) is 9.38. The molecule has 0 bridgehead atoms. The number of hydrogen-bond donors (Lipinski definition) is 0. The van der Waals surface area contributed by atoms with Crippen LogP contribution in [0.4, 0.5) is 0 Å². The number of imidazole rings is 1. The van der Waals surface area contributed by atoms with Crippen LogP contribution in [0, 0.1) is 0 Å². The molecule has 0 amide bonds. The van der Waals surface area contributed by atoms with Gasteiger partial charge in [-0.25, -0.2) is 13.4 Å². The van der Waals surface area contributed by atoms with Crippen LogP contribution in [0.3, 0.4) is 0 Å². The van der Waals surface area contributed by atoms with Gasteiger partial charge in [-0.15, -0.1) is 0 Å². The van der Waals surface area contributed by atoms with Gasteiger partial charge in [-0.1, -0.05) is 19.0 Å². The second kappa shape index (κ2) is 6.20. The minimum Gasteiger partial charge on any atom is -0.339 e. The predicted octanol–water partition coefficient (Wildman–Crippen LogP) is 2.51. The topological polar surface area (TPSA) is 90.9 Å². The summed E-state index contributed by atoms with van der Waals surface area (Å²) in [5.74, 6) is 2.07. The van der Waals surface area contributed by atoms with Crippen LogP contribution >= 0.6 is 0 Å². The van der Waals surface area contributed by atoms with E-state index in [9.17, 15) is 8.42 Å². The van der Waals surface area contributed by atoms with Gasteiger partial charge in [-0.2, -0.15) is 4.98 Å². The molecular formula is C16H18N4O3S. The van der Waals surface area contributed by atoms with Crippen LogP contribution in [-0.2, 0) is 16.4 Å². The Morgan fingerprint density at radius 1 is 1.21 bits per heavy atom. The number of nitrogens with zero attached hydrogens (tertiary/aromatic N) is 4. The Kier molecular flexibility index (Phi) is 4.23. The van der Waals surface area contributed by atoms with Crippen molar-refractivity contribution in [3.05, 3.63) is 48.4 Å². The molecule has 0 radical (unpaired) electrons. The summed E-state index contributed by atoms with van der Waals surface area (Å²) in [7, 11) is -3.21. The first-order valence-electron chi connectivity index (χ1n) is 7.48. The highest BCUT2D eigenvalue weighted by Crippen LogP contribution is 2.21. The maximum absolute atomic E-state index is 11.5. The normalized spacial score (nSPS) is 12.0. The molecule has 0 aliphatic rings. The molecule has 24 heavy (non-hydrogen) atoms. The van der Waals surface area contributed by atoms with Crippen molar-refractivity contribution in [1.29, 1.82) is 0 Å². The fourth-order valence-electron chi connectivity index (χ4n) is 2.27. The van der Waals surface area contributed by atoms with E-state index in [1.165, 1.54) is 6.26 Å². The molecule has 7 nitrogen and oxygen atoms in total. The molecule has 0 fully saturated rings. The van der Waals surface area contributed by atoms with Crippen molar-refractivity contribution in [1.82, 2.24) is 19.7 Å². The first-order chi connectivity index (χ1) is 11.3. The quantitative estimate of drug-likeness (QED) is 0.705. The van der Waals surface area contributed by atoms with Gasteiger partial charge in [0.05, 0.1) is 11.4 Å². The lowest BCUT2D eigenvalue weighted by Gasteiger charge is -2.06. The molecule has 0 spiro atoms. The Bertz CT molecular complexity index is 940. The van der Waals surface area contributed by atoms with Crippen molar-refractivity contribution in [3.63, 3.8) is 0 Å². The van der Waals surface area contributed by atoms with Gasteiger partial charge >= 0.3 is 0 Å². The summed E-state index contributed by atoms with van der Waals surface area (Å²) in [6, 6.07) is 6.64. The predicted molar refractivity (Wildman–Crippen MR) is 88.3 cm³/mol. The SMILES string of the molecule is CC(C)c1nc(Cn2ccnc2-c2ccc(S(C)(=O)=O)cc2)no1. The lowest BCUT2D eigenvalue weighted by Crippen LogP contribution is -2.03. The van der Waals surface area contributed by atoms with E-state index in [2.05, 4.69) is 15.1 Å². The van der Waals surface area contributed by atoms with Gasteiger partial charge in [-0.3, -0.25) is 0 Å². The fraction of sp³-hybridized carbons (Fsp3) is 0.312. The summed E-state index contributed by atoms with van der Waals surface area (Å²) in [6.45, 7) is 4.41. The van der Waals surface area contributed by atoms with Crippen molar-refractivity contribution >= 4 is 9.84 Å². The van der Waals surface area contributed by atoms with Crippen LogP contribution in [0.15, 0.2) is 46.1 Å². The molecule has 0 unspecified atom stereocenters. The minimum absolute atomic E-state index is 0.178. The van der Waals surface area contributed by atoms with Crippen molar-refractivity contribution in [2.75, 3.05) is 6.26 Å². The number of hydrogen-bond acceptors (Lipinski definition) is 6. The summed E-state index contributed by atoms with van der Waals surface area (Å²) in [4.78, 5) is 8.99. The molecule has 1 aromatic carbocycles. The van der Waals surface area contributed by atoms with Gasteiger partial charge in [0.2, 0.25) is 5.89 Å². The van der Waals surface area contributed by atoms with E-state index in [4.69, 9.17) is 4.52 Å². The molecular weight excluding hydrogens is 328 g/mol. The standard InChI is InChI=1S/C16H18N4O3S/c1-11(2)16-18-14(19-23-16)10-20-9-8-17-15(20)12-4-6-13(7-5-12)24(3,21)22/h4-9,11H,10H2,1-3H3. The third-order valence-corrected chi connectivity index (χ3v) is 4.67. The highest BCUT2D eigenvalue weighted by Gasteiger charge is 2.13. The molecule has 2 heterocycles. The monoisotopic (exact) mass is 346 g/mol. The molecule has 8 heteroatoms. The number of aromatic nitrogens is 4. The number of rotatable bonds is 5. The van der Waals surface area contributed by atoms with E-state index in [0.717, 1.165) is 5.56 Å². The summed E-state index contributed by atoms with van der Waals surface area (Å²) in [5, 5.41) is 3.98. The zero-order chi connectivity index (χ0) is 17.3.